The number of ether oxygens (including phenoxy) is 2. The molecule has 0 radical (unpaired) electrons. The Morgan fingerprint density at radius 1 is 1.16 bits per heavy atom. The van der Waals surface area contributed by atoms with Gasteiger partial charge in [-0.3, -0.25) is 0 Å². The highest BCUT2D eigenvalue weighted by Gasteiger charge is 2.39. The Kier molecular flexibility index (Phi) is 4.45. The number of hydrogen-bond donors (Lipinski definition) is 0. The summed E-state index contributed by atoms with van der Waals surface area (Å²) >= 11 is 0. The van der Waals surface area contributed by atoms with Gasteiger partial charge in [0.05, 0.1) is 27.9 Å². The van der Waals surface area contributed by atoms with Crippen molar-refractivity contribution in [2.45, 2.75) is 38.5 Å². The maximum Gasteiger partial charge on any atom is 0.338 e. The SMILES string of the molecule is COC(=O)c1ccc(OC)cc1C(C)(C)[Si](C)(C)C. The molecule has 0 fully saturated rings. The molecular weight excluding hydrogens is 256 g/mol. The van der Waals surface area contributed by atoms with Gasteiger partial charge in [0.1, 0.15) is 5.75 Å². The molecule has 0 saturated carbocycles. The van der Waals surface area contributed by atoms with Crippen molar-refractivity contribution in [3.63, 3.8) is 0 Å². The molecule has 0 aliphatic carbocycles. The van der Waals surface area contributed by atoms with Crippen LogP contribution in [0.4, 0.5) is 0 Å². The molecule has 0 bridgehead atoms. The summed E-state index contributed by atoms with van der Waals surface area (Å²) in [4.78, 5) is 12.0. The lowest BCUT2D eigenvalue weighted by molar-refractivity contribution is 0.0598. The molecule has 1 aromatic carbocycles. The van der Waals surface area contributed by atoms with Crippen molar-refractivity contribution in [1.82, 2.24) is 0 Å². The van der Waals surface area contributed by atoms with E-state index in [4.69, 9.17) is 9.47 Å². The molecule has 0 amide bonds. The molecule has 1 rings (SSSR count). The van der Waals surface area contributed by atoms with Gasteiger partial charge in [-0.1, -0.05) is 33.5 Å². The Bertz CT molecular complexity index is 473. The molecule has 0 aliphatic rings. The third-order valence-corrected chi connectivity index (χ3v) is 8.20. The minimum absolute atomic E-state index is 0.0505. The third kappa shape index (κ3) is 3.00. The predicted molar refractivity (Wildman–Crippen MR) is 80.7 cm³/mol. The molecule has 0 aliphatic heterocycles. The summed E-state index contributed by atoms with van der Waals surface area (Å²) in [5.41, 5.74) is 1.65. The molecule has 19 heavy (non-hydrogen) atoms. The van der Waals surface area contributed by atoms with Crippen LogP contribution in [0.15, 0.2) is 18.2 Å². The molecule has 4 heteroatoms. The summed E-state index contributed by atoms with van der Waals surface area (Å²) in [6, 6.07) is 5.56. The van der Waals surface area contributed by atoms with E-state index in [2.05, 4.69) is 33.5 Å². The summed E-state index contributed by atoms with van der Waals surface area (Å²) in [6.07, 6.45) is 0. The first-order valence-electron chi connectivity index (χ1n) is 6.42. The highest BCUT2D eigenvalue weighted by molar-refractivity contribution is 6.79. The zero-order chi connectivity index (χ0) is 14.8. The largest absolute Gasteiger partial charge is 0.497 e. The van der Waals surface area contributed by atoms with Crippen LogP contribution in [0.25, 0.3) is 0 Å². The molecular formula is C15H24O3Si. The number of carbonyl (C=O) groups excluding carboxylic acids is 1. The average molecular weight is 280 g/mol. The topological polar surface area (TPSA) is 35.5 Å². The highest BCUT2D eigenvalue weighted by atomic mass is 28.3. The van der Waals surface area contributed by atoms with Gasteiger partial charge in [0.15, 0.2) is 0 Å². The number of esters is 1. The second kappa shape index (κ2) is 5.37. The molecule has 1 aromatic rings. The van der Waals surface area contributed by atoms with E-state index < -0.39 is 8.07 Å². The smallest absolute Gasteiger partial charge is 0.338 e. The van der Waals surface area contributed by atoms with Crippen LogP contribution in [0.5, 0.6) is 5.75 Å². The van der Waals surface area contributed by atoms with Crippen LogP contribution in [0.2, 0.25) is 19.6 Å². The second-order valence-corrected chi connectivity index (χ2v) is 12.0. The van der Waals surface area contributed by atoms with Crippen molar-refractivity contribution in [1.29, 1.82) is 0 Å². The van der Waals surface area contributed by atoms with Gasteiger partial charge in [0.25, 0.3) is 0 Å². The van der Waals surface area contributed by atoms with Crippen LogP contribution in [0.3, 0.4) is 0 Å². The lowest BCUT2D eigenvalue weighted by Crippen LogP contribution is -2.45. The zero-order valence-electron chi connectivity index (χ0n) is 13.0. The molecule has 0 N–H and O–H groups in total. The van der Waals surface area contributed by atoms with E-state index in [1.165, 1.54) is 7.11 Å². The van der Waals surface area contributed by atoms with E-state index in [-0.39, 0.29) is 11.0 Å². The Balaban J connectivity index is 3.50. The van der Waals surface area contributed by atoms with E-state index >= 15 is 0 Å². The first-order valence-corrected chi connectivity index (χ1v) is 9.92. The minimum atomic E-state index is -1.51. The summed E-state index contributed by atoms with van der Waals surface area (Å²) in [5, 5.41) is -0.0505. The predicted octanol–water partition coefficient (Wildman–Crippen LogP) is 3.64. The van der Waals surface area contributed by atoms with E-state index in [9.17, 15) is 4.79 Å². The van der Waals surface area contributed by atoms with Crippen molar-refractivity contribution in [3.8, 4) is 5.75 Å². The summed E-state index contributed by atoms with van der Waals surface area (Å²) in [6.45, 7) is 11.3. The van der Waals surface area contributed by atoms with Gasteiger partial charge in [-0.15, -0.1) is 0 Å². The van der Waals surface area contributed by atoms with Crippen molar-refractivity contribution in [2.24, 2.45) is 0 Å². The lowest BCUT2D eigenvalue weighted by Gasteiger charge is -2.38. The summed E-state index contributed by atoms with van der Waals surface area (Å²) < 4.78 is 10.2. The number of methoxy groups -OCH3 is 2. The van der Waals surface area contributed by atoms with Crippen molar-refractivity contribution < 1.29 is 14.3 Å². The Labute approximate surface area is 116 Å². The van der Waals surface area contributed by atoms with Gasteiger partial charge in [-0.25, -0.2) is 4.79 Å². The maximum atomic E-state index is 12.0. The van der Waals surface area contributed by atoms with Crippen LogP contribution < -0.4 is 4.74 Å². The Morgan fingerprint density at radius 3 is 2.16 bits per heavy atom. The van der Waals surface area contributed by atoms with Gasteiger partial charge in [0, 0.05) is 0 Å². The lowest BCUT2D eigenvalue weighted by atomic mass is 9.95. The zero-order valence-corrected chi connectivity index (χ0v) is 14.0. The maximum absolute atomic E-state index is 12.0. The average Bonchev–Trinajstić information content (AvgIpc) is 2.35. The minimum Gasteiger partial charge on any atom is -0.497 e. The van der Waals surface area contributed by atoms with E-state index in [1.54, 1.807) is 19.2 Å². The van der Waals surface area contributed by atoms with Gasteiger partial charge >= 0.3 is 5.97 Å². The molecule has 0 saturated heterocycles. The molecule has 0 unspecified atom stereocenters. The fourth-order valence-electron chi connectivity index (χ4n) is 1.86. The van der Waals surface area contributed by atoms with E-state index in [1.807, 2.05) is 6.07 Å². The van der Waals surface area contributed by atoms with Crippen LogP contribution >= 0.6 is 0 Å². The van der Waals surface area contributed by atoms with Crippen LogP contribution in [-0.4, -0.2) is 28.3 Å². The van der Waals surface area contributed by atoms with Crippen molar-refractivity contribution in [2.75, 3.05) is 14.2 Å². The number of rotatable bonds is 4. The van der Waals surface area contributed by atoms with Gasteiger partial charge < -0.3 is 9.47 Å². The van der Waals surface area contributed by atoms with E-state index in [0.717, 1.165) is 11.3 Å². The molecule has 0 atom stereocenters. The van der Waals surface area contributed by atoms with Gasteiger partial charge in [-0.05, 0) is 28.8 Å². The quantitative estimate of drug-likeness (QED) is 0.624. The molecule has 106 valence electrons. The van der Waals surface area contributed by atoms with Crippen molar-refractivity contribution >= 4 is 14.0 Å². The summed E-state index contributed by atoms with van der Waals surface area (Å²) in [5.74, 6) is 0.484. The van der Waals surface area contributed by atoms with Gasteiger partial charge in [0.2, 0.25) is 0 Å². The van der Waals surface area contributed by atoms with Crippen LogP contribution in [-0.2, 0) is 9.78 Å². The fourth-order valence-corrected chi connectivity index (χ4v) is 2.87. The number of carbonyl (C=O) groups is 1. The molecule has 0 heterocycles. The summed E-state index contributed by atoms with van der Waals surface area (Å²) in [7, 11) is 1.54. The first-order chi connectivity index (χ1) is 8.65. The van der Waals surface area contributed by atoms with Crippen molar-refractivity contribution in [3.05, 3.63) is 29.3 Å². The van der Waals surface area contributed by atoms with E-state index in [0.29, 0.717) is 5.56 Å². The number of hydrogen-bond acceptors (Lipinski definition) is 3. The molecule has 0 aromatic heterocycles. The second-order valence-electron chi connectivity index (χ2n) is 6.28. The Morgan fingerprint density at radius 2 is 1.74 bits per heavy atom. The van der Waals surface area contributed by atoms with Gasteiger partial charge in [-0.2, -0.15) is 0 Å². The highest BCUT2D eigenvalue weighted by Crippen LogP contribution is 2.37. The van der Waals surface area contributed by atoms with Crippen LogP contribution in [0.1, 0.15) is 29.8 Å². The first kappa shape index (κ1) is 15.8. The standard InChI is InChI=1S/C15H24O3Si/c1-15(2,19(5,6)7)13-10-11(17-3)8-9-12(13)14(16)18-4/h8-10H,1-7H3. The molecule has 3 nitrogen and oxygen atoms in total. The normalized spacial score (nSPS) is 12.2. The van der Waals surface area contributed by atoms with Crippen LogP contribution in [0, 0.1) is 0 Å². The fraction of sp³-hybridized carbons (Fsp3) is 0.533. The monoisotopic (exact) mass is 280 g/mol. The Hall–Kier alpha value is -1.29. The number of benzene rings is 1. The molecule has 0 spiro atoms. The third-order valence-electron chi connectivity index (χ3n) is 4.18.